The van der Waals surface area contributed by atoms with Crippen molar-refractivity contribution in [2.45, 2.75) is 32.5 Å². The Balaban J connectivity index is 2.00. The summed E-state index contributed by atoms with van der Waals surface area (Å²) in [7, 11) is 0. The quantitative estimate of drug-likeness (QED) is 0.724. The molecule has 3 rings (SSSR count). The maximum absolute atomic E-state index is 12.9. The molecular formula is C18H19F3N2. The molecule has 0 radical (unpaired) electrons. The standard InChI is InChI=1S/C18H19F3N2/c1-17(2)10-12-8-13(18(19,20)21)6-7-15(12)23-16(17)11-4-3-5-14(22)9-11/h3-9,16,23H,10,22H2,1-2H3. The third-order valence-electron chi connectivity index (χ3n) is 4.40. The molecular weight excluding hydrogens is 301 g/mol. The van der Waals surface area contributed by atoms with Crippen molar-refractivity contribution < 1.29 is 13.2 Å². The first kappa shape index (κ1) is 15.7. The number of nitrogen functional groups attached to an aromatic ring is 1. The Labute approximate surface area is 133 Å². The fraction of sp³-hybridized carbons (Fsp3) is 0.333. The van der Waals surface area contributed by atoms with E-state index >= 15 is 0 Å². The molecule has 122 valence electrons. The minimum atomic E-state index is -4.32. The predicted molar refractivity (Wildman–Crippen MR) is 86.1 cm³/mol. The van der Waals surface area contributed by atoms with E-state index in [1.54, 1.807) is 0 Å². The van der Waals surface area contributed by atoms with Crippen molar-refractivity contribution in [3.05, 3.63) is 59.2 Å². The summed E-state index contributed by atoms with van der Waals surface area (Å²) in [5.41, 5.74) is 8.21. The second-order valence-electron chi connectivity index (χ2n) is 6.78. The van der Waals surface area contributed by atoms with Gasteiger partial charge in [-0.2, -0.15) is 13.2 Å². The van der Waals surface area contributed by atoms with Gasteiger partial charge in [0.25, 0.3) is 0 Å². The molecule has 0 amide bonds. The Morgan fingerprint density at radius 1 is 1.13 bits per heavy atom. The summed E-state index contributed by atoms with van der Waals surface area (Å²) in [4.78, 5) is 0. The van der Waals surface area contributed by atoms with E-state index in [2.05, 4.69) is 19.2 Å². The molecule has 1 unspecified atom stereocenters. The third kappa shape index (κ3) is 3.00. The van der Waals surface area contributed by atoms with Gasteiger partial charge in [0.1, 0.15) is 0 Å². The van der Waals surface area contributed by atoms with Crippen molar-refractivity contribution in [2.75, 3.05) is 11.1 Å². The number of alkyl halides is 3. The van der Waals surface area contributed by atoms with Crippen molar-refractivity contribution in [3.8, 4) is 0 Å². The van der Waals surface area contributed by atoms with Gasteiger partial charge >= 0.3 is 6.18 Å². The van der Waals surface area contributed by atoms with Gasteiger partial charge in [-0.15, -0.1) is 0 Å². The molecule has 23 heavy (non-hydrogen) atoms. The molecule has 3 N–H and O–H groups in total. The highest BCUT2D eigenvalue weighted by atomic mass is 19.4. The molecule has 2 aromatic rings. The van der Waals surface area contributed by atoms with Crippen molar-refractivity contribution in [1.29, 1.82) is 0 Å². The molecule has 0 aromatic heterocycles. The van der Waals surface area contributed by atoms with Crippen LogP contribution in [0.15, 0.2) is 42.5 Å². The number of halogens is 3. The fourth-order valence-corrected chi connectivity index (χ4v) is 3.27. The monoisotopic (exact) mass is 320 g/mol. The Hall–Kier alpha value is -2.17. The summed E-state index contributed by atoms with van der Waals surface area (Å²) in [6.45, 7) is 4.11. The van der Waals surface area contributed by atoms with Gasteiger partial charge in [0.15, 0.2) is 0 Å². The summed E-state index contributed by atoms with van der Waals surface area (Å²) in [5.74, 6) is 0. The van der Waals surface area contributed by atoms with Crippen LogP contribution in [0.3, 0.4) is 0 Å². The average Bonchev–Trinajstić information content (AvgIpc) is 2.44. The molecule has 1 aliphatic rings. The molecule has 0 saturated heterocycles. The Morgan fingerprint density at radius 3 is 2.52 bits per heavy atom. The highest BCUT2D eigenvalue weighted by Gasteiger charge is 2.38. The van der Waals surface area contributed by atoms with Gasteiger partial charge in [-0.05, 0) is 53.3 Å². The molecule has 1 atom stereocenters. The van der Waals surface area contributed by atoms with Gasteiger partial charge in [-0.1, -0.05) is 26.0 Å². The van der Waals surface area contributed by atoms with Crippen LogP contribution in [-0.4, -0.2) is 0 Å². The highest BCUT2D eigenvalue weighted by molar-refractivity contribution is 5.58. The molecule has 1 aliphatic heterocycles. The van der Waals surface area contributed by atoms with Crippen LogP contribution in [0.25, 0.3) is 0 Å². The lowest BCUT2D eigenvalue weighted by Crippen LogP contribution is -2.35. The number of benzene rings is 2. The second-order valence-corrected chi connectivity index (χ2v) is 6.78. The predicted octanol–water partition coefficient (Wildman–Crippen LogP) is 5.02. The van der Waals surface area contributed by atoms with E-state index in [9.17, 15) is 13.2 Å². The smallest absolute Gasteiger partial charge is 0.399 e. The van der Waals surface area contributed by atoms with E-state index in [4.69, 9.17) is 5.73 Å². The van der Waals surface area contributed by atoms with E-state index in [0.29, 0.717) is 17.7 Å². The summed E-state index contributed by atoms with van der Waals surface area (Å²) in [6, 6.07) is 11.5. The van der Waals surface area contributed by atoms with Crippen LogP contribution in [-0.2, 0) is 12.6 Å². The minimum absolute atomic E-state index is 0.00441. The Morgan fingerprint density at radius 2 is 1.87 bits per heavy atom. The molecule has 0 aliphatic carbocycles. The van der Waals surface area contributed by atoms with Crippen molar-refractivity contribution in [2.24, 2.45) is 5.41 Å². The molecule has 1 heterocycles. The van der Waals surface area contributed by atoms with E-state index in [1.807, 2.05) is 24.3 Å². The average molecular weight is 320 g/mol. The van der Waals surface area contributed by atoms with Crippen molar-refractivity contribution in [3.63, 3.8) is 0 Å². The highest BCUT2D eigenvalue weighted by Crippen LogP contribution is 2.46. The van der Waals surface area contributed by atoms with Gasteiger partial charge in [-0.25, -0.2) is 0 Å². The number of anilines is 2. The zero-order valence-corrected chi connectivity index (χ0v) is 13.0. The van der Waals surface area contributed by atoms with Gasteiger partial charge < -0.3 is 11.1 Å². The first-order valence-corrected chi connectivity index (χ1v) is 7.49. The number of nitrogens with one attached hydrogen (secondary N) is 1. The fourth-order valence-electron chi connectivity index (χ4n) is 3.27. The molecule has 0 fully saturated rings. The number of rotatable bonds is 1. The first-order valence-electron chi connectivity index (χ1n) is 7.49. The number of hydrogen-bond donors (Lipinski definition) is 2. The molecule has 5 heteroatoms. The molecule has 2 nitrogen and oxygen atoms in total. The van der Waals surface area contributed by atoms with E-state index in [-0.39, 0.29) is 11.5 Å². The zero-order chi connectivity index (χ0) is 16.8. The zero-order valence-electron chi connectivity index (χ0n) is 13.0. The van der Waals surface area contributed by atoms with Gasteiger partial charge in [0.05, 0.1) is 11.6 Å². The topological polar surface area (TPSA) is 38.0 Å². The Bertz CT molecular complexity index is 735. The second kappa shape index (κ2) is 5.18. The number of hydrogen-bond acceptors (Lipinski definition) is 2. The molecule has 0 spiro atoms. The van der Waals surface area contributed by atoms with Crippen LogP contribution in [0.1, 0.15) is 36.6 Å². The van der Waals surface area contributed by atoms with Gasteiger partial charge in [0, 0.05) is 11.4 Å². The lowest BCUT2D eigenvalue weighted by atomic mass is 9.72. The van der Waals surface area contributed by atoms with Crippen LogP contribution in [0.4, 0.5) is 24.5 Å². The van der Waals surface area contributed by atoms with Crippen LogP contribution in [0, 0.1) is 5.41 Å². The SMILES string of the molecule is CC1(C)Cc2cc(C(F)(F)F)ccc2NC1c1cccc(N)c1. The normalized spacial score (nSPS) is 19.8. The van der Waals surface area contributed by atoms with Crippen molar-refractivity contribution >= 4 is 11.4 Å². The van der Waals surface area contributed by atoms with E-state index in [1.165, 1.54) is 12.1 Å². The summed E-state index contributed by atoms with van der Waals surface area (Å²) in [6.07, 6.45) is -3.75. The van der Waals surface area contributed by atoms with Gasteiger partial charge in [-0.3, -0.25) is 0 Å². The number of fused-ring (bicyclic) bond motifs is 1. The van der Waals surface area contributed by atoms with Crippen LogP contribution in [0.2, 0.25) is 0 Å². The Kier molecular flexibility index (Phi) is 3.54. The molecule has 0 bridgehead atoms. The summed E-state index contributed by atoms with van der Waals surface area (Å²) in [5, 5.41) is 3.39. The lowest BCUT2D eigenvalue weighted by molar-refractivity contribution is -0.137. The maximum Gasteiger partial charge on any atom is 0.416 e. The minimum Gasteiger partial charge on any atom is -0.399 e. The maximum atomic E-state index is 12.9. The molecule has 2 aromatic carbocycles. The summed E-state index contributed by atoms with van der Waals surface area (Å²) >= 11 is 0. The van der Waals surface area contributed by atoms with Crippen LogP contribution < -0.4 is 11.1 Å². The van der Waals surface area contributed by atoms with Crippen molar-refractivity contribution in [1.82, 2.24) is 0 Å². The van der Waals surface area contributed by atoms with Crippen LogP contribution in [0.5, 0.6) is 0 Å². The number of nitrogens with two attached hydrogens (primary N) is 1. The van der Waals surface area contributed by atoms with Gasteiger partial charge in [0.2, 0.25) is 0 Å². The third-order valence-corrected chi connectivity index (χ3v) is 4.40. The van der Waals surface area contributed by atoms with E-state index < -0.39 is 11.7 Å². The van der Waals surface area contributed by atoms with Crippen LogP contribution >= 0.6 is 0 Å². The largest absolute Gasteiger partial charge is 0.416 e. The summed E-state index contributed by atoms with van der Waals surface area (Å²) < 4.78 is 38.7. The lowest BCUT2D eigenvalue weighted by Gasteiger charge is -2.41. The van der Waals surface area contributed by atoms with E-state index in [0.717, 1.165) is 17.3 Å². The molecule has 0 saturated carbocycles. The first-order chi connectivity index (χ1) is 10.7.